The van der Waals surface area contributed by atoms with Crippen molar-refractivity contribution in [3.8, 4) is 0 Å². The van der Waals surface area contributed by atoms with E-state index in [1.807, 2.05) is 36.7 Å². The van der Waals surface area contributed by atoms with Gasteiger partial charge in [-0.25, -0.2) is 13.1 Å². The Labute approximate surface area is 142 Å². The lowest BCUT2D eigenvalue weighted by Gasteiger charge is -2.19. The zero-order valence-electron chi connectivity index (χ0n) is 13.2. The second-order valence-electron chi connectivity index (χ2n) is 5.48. The largest absolute Gasteiger partial charge is 0.390 e. The molecule has 0 radical (unpaired) electrons. The first-order valence-corrected chi connectivity index (χ1v) is 9.76. The van der Waals surface area contributed by atoms with Crippen LogP contribution in [0.1, 0.15) is 29.4 Å². The Morgan fingerprint density at radius 2 is 2.08 bits per heavy atom. The third-order valence-electron chi connectivity index (χ3n) is 3.42. The van der Waals surface area contributed by atoms with Gasteiger partial charge in [-0.1, -0.05) is 0 Å². The van der Waals surface area contributed by atoms with E-state index >= 15 is 0 Å². The van der Waals surface area contributed by atoms with Crippen molar-refractivity contribution < 1.29 is 21.6 Å². The van der Waals surface area contributed by atoms with Crippen molar-refractivity contribution >= 4 is 21.4 Å². The van der Waals surface area contributed by atoms with Gasteiger partial charge in [-0.2, -0.15) is 29.6 Å². The minimum Gasteiger partial charge on any atom is -0.261 e. The average Bonchev–Trinajstić information content (AvgIpc) is 3.07. The van der Waals surface area contributed by atoms with Gasteiger partial charge in [-0.3, -0.25) is 4.68 Å². The zero-order valence-corrected chi connectivity index (χ0v) is 14.8. The van der Waals surface area contributed by atoms with Crippen LogP contribution in [0.3, 0.4) is 0 Å². The summed E-state index contributed by atoms with van der Waals surface area (Å²) in [6.07, 6.45) is -5.87. The number of hydrogen-bond acceptors (Lipinski definition) is 4. The number of nitrogens with one attached hydrogen (secondary N) is 1. The number of alkyl halides is 3. The van der Waals surface area contributed by atoms with Gasteiger partial charge in [0.2, 0.25) is 10.0 Å². The Bertz CT molecular complexity index is 768. The van der Waals surface area contributed by atoms with Crippen molar-refractivity contribution in [2.75, 3.05) is 12.3 Å². The smallest absolute Gasteiger partial charge is 0.261 e. The number of thiophene rings is 1. The van der Waals surface area contributed by atoms with E-state index in [0.29, 0.717) is 0 Å². The Kier molecular flexibility index (Phi) is 5.71. The highest BCUT2D eigenvalue weighted by atomic mass is 32.2. The summed E-state index contributed by atoms with van der Waals surface area (Å²) < 4.78 is 64.3. The molecule has 10 heteroatoms. The molecule has 1 N–H and O–H groups in total. The maximum Gasteiger partial charge on any atom is 0.390 e. The predicted octanol–water partition coefficient (Wildman–Crippen LogP) is 3.02. The molecule has 1 atom stereocenters. The predicted molar refractivity (Wildman–Crippen MR) is 86.6 cm³/mol. The van der Waals surface area contributed by atoms with Crippen LogP contribution in [0, 0.1) is 13.8 Å². The number of aryl methyl sites for hydroxylation is 2. The highest BCUT2D eigenvalue weighted by molar-refractivity contribution is 7.89. The van der Waals surface area contributed by atoms with Crippen molar-refractivity contribution in [1.82, 2.24) is 14.5 Å². The molecule has 0 aliphatic carbocycles. The number of hydrogen-bond donors (Lipinski definition) is 1. The molecule has 24 heavy (non-hydrogen) atoms. The molecule has 0 amide bonds. The van der Waals surface area contributed by atoms with Crippen LogP contribution >= 0.6 is 11.3 Å². The van der Waals surface area contributed by atoms with Crippen molar-refractivity contribution in [2.24, 2.45) is 0 Å². The van der Waals surface area contributed by atoms with Crippen molar-refractivity contribution in [1.29, 1.82) is 0 Å². The molecule has 0 aliphatic rings. The number of aromatic nitrogens is 2. The van der Waals surface area contributed by atoms with Crippen LogP contribution in [0.15, 0.2) is 22.9 Å². The third-order valence-corrected chi connectivity index (χ3v) is 5.47. The Morgan fingerprint density at radius 1 is 1.38 bits per heavy atom. The van der Waals surface area contributed by atoms with Gasteiger partial charge >= 0.3 is 6.18 Å². The second-order valence-corrected chi connectivity index (χ2v) is 8.18. The average molecular weight is 381 g/mol. The van der Waals surface area contributed by atoms with Gasteiger partial charge in [-0.15, -0.1) is 0 Å². The fraction of sp³-hybridized carbons (Fsp3) is 0.500. The van der Waals surface area contributed by atoms with Crippen LogP contribution in [-0.2, 0) is 10.0 Å². The second kappa shape index (κ2) is 7.24. The molecular weight excluding hydrogens is 363 g/mol. The van der Waals surface area contributed by atoms with Gasteiger partial charge in [0.1, 0.15) is 0 Å². The lowest BCUT2D eigenvalue weighted by atomic mass is 10.1. The van der Waals surface area contributed by atoms with Crippen LogP contribution in [0.25, 0.3) is 0 Å². The standard InChI is InChI=1S/C14H18F3N3O2S2/c1-10-7-11(2)20(19-10)13(12-3-5-23-9-12)8-18-24(21,22)6-4-14(15,16)17/h3,5,7,9,13,18H,4,6,8H2,1-2H3/t13-/m0/s1. The van der Waals surface area contributed by atoms with Gasteiger partial charge in [0.25, 0.3) is 0 Å². The fourth-order valence-corrected chi connectivity index (χ4v) is 4.06. The Balaban J connectivity index is 2.14. The first-order chi connectivity index (χ1) is 11.1. The minimum atomic E-state index is -4.50. The zero-order chi connectivity index (χ0) is 18.0. The monoisotopic (exact) mass is 381 g/mol. The summed E-state index contributed by atoms with van der Waals surface area (Å²) in [5.74, 6) is -0.982. The summed E-state index contributed by atoms with van der Waals surface area (Å²) in [4.78, 5) is 0. The Hall–Kier alpha value is -1.39. The lowest BCUT2D eigenvalue weighted by Crippen LogP contribution is -2.34. The van der Waals surface area contributed by atoms with Gasteiger partial charge < -0.3 is 0 Å². The molecular formula is C14H18F3N3O2S2. The molecule has 0 saturated carbocycles. The maximum absolute atomic E-state index is 12.2. The molecule has 0 fully saturated rings. The maximum atomic E-state index is 12.2. The van der Waals surface area contributed by atoms with Gasteiger partial charge in [-0.05, 0) is 42.3 Å². The normalized spacial score (nSPS) is 14.0. The van der Waals surface area contributed by atoms with Crippen LogP contribution in [0.4, 0.5) is 13.2 Å². The van der Waals surface area contributed by atoms with Gasteiger partial charge in [0.05, 0.1) is 23.9 Å². The number of halogens is 3. The summed E-state index contributed by atoms with van der Waals surface area (Å²) in [6.45, 7) is 3.61. The Morgan fingerprint density at radius 3 is 2.58 bits per heavy atom. The molecule has 0 aliphatic heterocycles. The highest BCUT2D eigenvalue weighted by Crippen LogP contribution is 2.23. The lowest BCUT2D eigenvalue weighted by molar-refractivity contribution is -0.129. The first kappa shape index (κ1) is 18.9. The molecule has 0 saturated heterocycles. The number of rotatable bonds is 7. The number of sulfonamides is 1. The van der Waals surface area contributed by atoms with E-state index in [1.165, 1.54) is 11.3 Å². The quantitative estimate of drug-likeness (QED) is 0.802. The summed E-state index contributed by atoms with van der Waals surface area (Å²) in [6, 6.07) is 3.29. The van der Waals surface area contributed by atoms with Gasteiger partial charge in [0.15, 0.2) is 0 Å². The molecule has 134 valence electrons. The summed E-state index contributed by atoms with van der Waals surface area (Å²) >= 11 is 1.46. The first-order valence-electron chi connectivity index (χ1n) is 7.16. The van der Waals surface area contributed by atoms with Crippen molar-refractivity contribution in [3.63, 3.8) is 0 Å². The molecule has 2 aromatic heterocycles. The molecule has 5 nitrogen and oxygen atoms in total. The molecule has 2 aromatic rings. The van der Waals surface area contributed by atoms with E-state index in [4.69, 9.17) is 0 Å². The van der Waals surface area contributed by atoms with E-state index in [2.05, 4.69) is 9.82 Å². The third kappa shape index (κ3) is 5.32. The van der Waals surface area contributed by atoms with E-state index in [9.17, 15) is 21.6 Å². The summed E-state index contributed by atoms with van der Waals surface area (Å²) in [7, 11) is -4.02. The number of nitrogens with zero attached hydrogens (tertiary/aromatic N) is 2. The minimum absolute atomic E-state index is 0.0567. The summed E-state index contributed by atoms with van der Waals surface area (Å²) in [5.41, 5.74) is 2.48. The molecule has 2 rings (SSSR count). The van der Waals surface area contributed by atoms with E-state index in [1.54, 1.807) is 4.68 Å². The molecule has 2 heterocycles. The molecule has 0 unspecified atom stereocenters. The van der Waals surface area contributed by atoms with E-state index in [0.717, 1.165) is 17.0 Å². The van der Waals surface area contributed by atoms with E-state index in [-0.39, 0.29) is 6.54 Å². The van der Waals surface area contributed by atoms with Crippen LogP contribution in [-0.4, -0.2) is 36.7 Å². The van der Waals surface area contributed by atoms with Crippen LogP contribution < -0.4 is 4.72 Å². The summed E-state index contributed by atoms with van der Waals surface area (Å²) in [5, 5.41) is 8.08. The highest BCUT2D eigenvalue weighted by Gasteiger charge is 2.30. The molecule has 0 aromatic carbocycles. The van der Waals surface area contributed by atoms with Crippen molar-refractivity contribution in [2.45, 2.75) is 32.5 Å². The van der Waals surface area contributed by atoms with Crippen LogP contribution in [0.2, 0.25) is 0 Å². The molecule has 0 spiro atoms. The molecule has 0 bridgehead atoms. The van der Waals surface area contributed by atoms with Gasteiger partial charge in [0, 0.05) is 12.2 Å². The fourth-order valence-electron chi connectivity index (χ4n) is 2.30. The van der Waals surface area contributed by atoms with Crippen LogP contribution in [0.5, 0.6) is 0 Å². The van der Waals surface area contributed by atoms with Crippen molar-refractivity contribution in [3.05, 3.63) is 39.8 Å². The topological polar surface area (TPSA) is 64.0 Å². The SMILES string of the molecule is Cc1cc(C)n([C@@H](CNS(=O)(=O)CCC(F)(F)F)c2ccsc2)n1. The van der Waals surface area contributed by atoms with E-state index < -0.39 is 34.4 Å².